The standard InChI is InChI=1S/C7H5ClN2O2/c8-5-2-4(11)3-1-6(12)10-7(3)9-5/h2H,1H2,(H2,9,10,11,12). The van der Waals surface area contributed by atoms with Crippen LogP contribution in [0.25, 0.3) is 0 Å². The third-order valence-corrected chi connectivity index (χ3v) is 1.91. The zero-order chi connectivity index (χ0) is 8.72. The van der Waals surface area contributed by atoms with Crippen molar-refractivity contribution in [1.29, 1.82) is 0 Å². The van der Waals surface area contributed by atoms with Gasteiger partial charge in [-0.15, -0.1) is 0 Å². The molecule has 0 bridgehead atoms. The fourth-order valence-electron chi connectivity index (χ4n) is 1.18. The van der Waals surface area contributed by atoms with Crippen LogP contribution in [0.4, 0.5) is 5.82 Å². The van der Waals surface area contributed by atoms with Gasteiger partial charge in [-0.25, -0.2) is 0 Å². The van der Waals surface area contributed by atoms with E-state index in [-0.39, 0.29) is 22.9 Å². The Bertz CT molecular complexity index is 410. The fraction of sp³-hybridized carbons (Fsp3) is 0.143. The molecule has 1 aromatic rings. The highest BCUT2D eigenvalue weighted by Crippen LogP contribution is 2.18. The number of anilines is 1. The van der Waals surface area contributed by atoms with Gasteiger partial charge in [-0.2, -0.15) is 0 Å². The van der Waals surface area contributed by atoms with E-state index < -0.39 is 0 Å². The summed E-state index contributed by atoms with van der Waals surface area (Å²) in [6.45, 7) is 0. The molecule has 0 saturated heterocycles. The molecule has 12 heavy (non-hydrogen) atoms. The summed E-state index contributed by atoms with van der Waals surface area (Å²) in [4.78, 5) is 24.7. The Morgan fingerprint density at radius 3 is 2.92 bits per heavy atom. The van der Waals surface area contributed by atoms with Gasteiger partial charge < -0.3 is 10.3 Å². The van der Waals surface area contributed by atoms with Crippen LogP contribution in [0, 0.1) is 0 Å². The van der Waals surface area contributed by atoms with Gasteiger partial charge in [0.05, 0.1) is 6.42 Å². The summed E-state index contributed by atoms with van der Waals surface area (Å²) in [5, 5.41) is 2.74. The predicted molar refractivity (Wildman–Crippen MR) is 44.4 cm³/mol. The lowest BCUT2D eigenvalue weighted by molar-refractivity contribution is -0.115. The van der Waals surface area contributed by atoms with Gasteiger partial charge in [-0.05, 0) is 0 Å². The van der Waals surface area contributed by atoms with E-state index >= 15 is 0 Å². The molecule has 0 aromatic carbocycles. The molecule has 1 amide bonds. The van der Waals surface area contributed by atoms with E-state index in [4.69, 9.17) is 11.6 Å². The average molecular weight is 185 g/mol. The van der Waals surface area contributed by atoms with Crippen LogP contribution < -0.4 is 10.7 Å². The first-order chi connectivity index (χ1) is 5.66. The third-order valence-electron chi connectivity index (χ3n) is 1.70. The summed E-state index contributed by atoms with van der Waals surface area (Å²) in [7, 11) is 0. The van der Waals surface area contributed by atoms with Gasteiger partial charge >= 0.3 is 0 Å². The van der Waals surface area contributed by atoms with Gasteiger partial charge in [0.1, 0.15) is 11.0 Å². The van der Waals surface area contributed by atoms with Crippen molar-refractivity contribution < 1.29 is 4.79 Å². The Kier molecular flexibility index (Phi) is 1.44. The molecular weight excluding hydrogens is 180 g/mol. The van der Waals surface area contributed by atoms with E-state index in [2.05, 4.69) is 10.3 Å². The van der Waals surface area contributed by atoms with E-state index in [1.54, 1.807) is 0 Å². The monoisotopic (exact) mass is 184 g/mol. The number of fused-ring (bicyclic) bond motifs is 1. The number of pyridine rings is 1. The molecule has 0 radical (unpaired) electrons. The van der Waals surface area contributed by atoms with Crippen molar-refractivity contribution in [3.05, 3.63) is 27.0 Å². The molecule has 62 valence electrons. The summed E-state index contributed by atoms with van der Waals surface area (Å²) in [6, 6.07) is 1.26. The number of carbonyl (C=O) groups excluding carboxylic acids is 1. The van der Waals surface area contributed by atoms with Crippen molar-refractivity contribution >= 4 is 23.3 Å². The number of aromatic amines is 1. The van der Waals surface area contributed by atoms with Crippen LogP contribution in [0.5, 0.6) is 0 Å². The minimum Gasteiger partial charge on any atom is -0.332 e. The van der Waals surface area contributed by atoms with E-state index in [1.807, 2.05) is 0 Å². The molecule has 0 saturated carbocycles. The SMILES string of the molecule is O=C1Cc2c([nH]c(Cl)cc2=O)N1. The van der Waals surface area contributed by atoms with Gasteiger partial charge in [0.15, 0.2) is 5.43 Å². The van der Waals surface area contributed by atoms with Crippen LogP contribution >= 0.6 is 11.6 Å². The first-order valence-electron chi connectivity index (χ1n) is 3.38. The molecule has 0 aliphatic carbocycles. The lowest BCUT2D eigenvalue weighted by Crippen LogP contribution is -2.06. The quantitative estimate of drug-likeness (QED) is 0.578. The van der Waals surface area contributed by atoms with Gasteiger partial charge in [-0.1, -0.05) is 11.6 Å². The Balaban J connectivity index is 2.67. The van der Waals surface area contributed by atoms with Gasteiger partial charge in [0.2, 0.25) is 5.91 Å². The lowest BCUT2D eigenvalue weighted by Gasteiger charge is -1.97. The van der Waals surface area contributed by atoms with Gasteiger partial charge in [0.25, 0.3) is 0 Å². The zero-order valence-electron chi connectivity index (χ0n) is 5.98. The van der Waals surface area contributed by atoms with Gasteiger partial charge in [-0.3, -0.25) is 9.59 Å². The maximum Gasteiger partial charge on any atom is 0.230 e. The molecule has 2 N–H and O–H groups in total. The van der Waals surface area contributed by atoms with Crippen LogP contribution in [0.1, 0.15) is 5.56 Å². The highest BCUT2D eigenvalue weighted by atomic mass is 35.5. The summed E-state index contributed by atoms with van der Waals surface area (Å²) >= 11 is 5.57. The Labute approximate surface area is 72.6 Å². The number of hydrogen-bond acceptors (Lipinski definition) is 2. The van der Waals surface area contributed by atoms with Crippen LogP contribution in [0.3, 0.4) is 0 Å². The maximum atomic E-state index is 11.2. The number of aromatic nitrogens is 1. The number of H-pyrrole nitrogens is 1. The van der Waals surface area contributed by atoms with E-state index in [0.717, 1.165) is 0 Å². The lowest BCUT2D eigenvalue weighted by atomic mass is 10.2. The molecule has 0 unspecified atom stereocenters. The fourth-order valence-corrected chi connectivity index (χ4v) is 1.38. The second-order valence-corrected chi connectivity index (χ2v) is 2.97. The normalized spacial score (nSPS) is 14.2. The highest BCUT2D eigenvalue weighted by molar-refractivity contribution is 6.29. The second kappa shape index (κ2) is 2.35. The van der Waals surface area contributed by atoms with Crippen LogP contribution in [-0.2, 0) is 11.2 Å². The molecule has 1 aliphatic heterocycles. The molecule has 4 nitrogen and oxygen atoms in total. The molecule has 1 aliphatic rings. The largest absolute Gasteiger partial charge is 0.332 e. The zero-order valence-corrected chi connectivity index (χ0v) is 6.73. The topological polar surface area (TPSA) is 62.0 Å². The first kappa shape index (κ1) is 7.36. The Hall–Kier alpha value is -1.29. The number of nitrogens with one attached hydrogen (secondary N) is 2. The first-order valence-corrected chi connectivity index (χ1v) is 3.76. The molecule has 0 atom stereocenters. The second-order valence-electron chi connectivity index (χ2n) is 2.56. The summed E-state index contributed by atoms with van der Waals surface area (Å²) in [5.74, 6) is 0.248. The van der Waals surface area contributed by atoms with Crippen molar-refractivity contribution in [1.82, 2.24) is 4.98 Å². The summed E-state index contributed by atoms with van der Waals surface area (Å²) in [5.41, 5.74) is 0.261. The minimum absolute atomic E-state index is 0.141. The number of carbonyl (C=O) groups is 1. The third kappa shape index (κ3) is 1.00. The average Bonchev–Trinajstić information content (AvgIpc) is 2.29. The van der Waals surface area contributed by atoms with E-state index in [9.17, 15) is 9.59 Å². The van der Waals surface area contributed by atoms with Crippen molar-refractivity contribution in [2.75, 3.05) is 5.32 Å². The van der Waals surface area contributed by atoms with E-state index in [0.29, 0.717) is 11.4 Å². The van der Waals surface area contributed by atoms with Crippen molar-refractivity contribution in [3.63, 3.8) is 0 Å². The molecule has 0 spiro atoms. The minimum atomic E-state index is -0.202. The van der Waals surface area contributed by atoms with Crippen molar-refractivity contribution in [3.8, 4) is 0 Å². The maximum absolute atomic E-state index is 11.2. The molecule has 2 rings (SSSR count). The number of hydrogen-bond donors (Lipinski definition) is 2. The van der Waals surface area contributed by atoms with Gasteiger partial charge in [0, 0.05) is 11.6 Å². The highest BCUT2D eigenvalue weighted by Gasteiger charge is 2.20. The Morgan fingerprint density at radius 2 is 2.17 bits per heavy atom. The number of rotatable bonds is 0. The summed E-state index contributed by atoms with van der Waals surface area (Å²) < 4.78 is 0. The molecular formula is C7H5ClN2O2. The molecule has 5 heteroatoms. The van der Waals surface area contributed by atoms with Crippen LogP contribution in [-0.4, -0.2) is 10.9 Å². The summed E-state index contributed by atoms with van der Waals surface area (Å²) in [6.07, 6.45) is 0.141. The van der Waals surface area contributed by atoms with Crippen LogP contribution in [0.15, 0.2) is 10.9 Å². The van der Waals surface area contributed by atoms with E-state index in [1.165, 1.54) is 6.07 Å². The molecule has 0 fully saturated rings. The molecule has 2 heterocycles. The van der Waals surface area contributed by atoms with Crippen molar-refractivity contribution in [2.24, 2.45) is 0 Å². The predicted octanol–water partition coefficient (Wildman–Crippen LogP) is 0.523. The number of halogens is 1. The van der Waals surface area contributed by atoms with Crippen molar-refractivity contribution in [2.45, 2.75) is 6.42 Å². The smallest absolute Gasteiger partial charge is 0.230 e. The number of amides is 1. The Morgan fingerprint density at radius 1 is 1.42 bits per heavy atom. The van der Waals surface area contributed by atoms with Crippen LogP contribution in [0.2, 0.25) is 5.15 Å². The molecule has 1 aromatic heterocycles.